The third-order valence-corrected chi connectivity index (χ3v) is 4.12. The average Bonchev–Trinajstić information content (AvgIpc) is 3.04. The Kier molecular flexibility index (Phi) is 12.2. The number of fused-ring (bicyclic) bond motifs is 1. The lowest BCUT2D eigenvalue weighted by molar-refractivity contribution is -0.157. The quantitative estimate of drug-likeness (QED) is 0.313. The lowest BCUT2D eigenvalue weighted by Gasteiger charge is -2.22. The summed E-state index contributed by atoms with van der Waals surface area (Å²) in [5, 5.41) is 7.22. The van der Waals surface area contributed by atoms with Gasteiger partial charge < -0.3 is 31.8 Å². The van der Waals surface area contributed by atoms with E-state index in [0.29, 0.717) is 17.3 Å². The maximum absolute atomic E-state index is 12.0. The van der Waals surface area contributed by atoms with Crippen LogP contribution < -0.4 is 22.1 Å². The molecular formula is C20H33Cl2N5O3. The summed E-state index contributed by atoms with van der Waals surface area (Å²) in [6.45, 7) is 6.19. The van der Waals surface area contributed by atoms with Crippen LogP contribution in [0.4, 0.5) is 0 Å². The predicted molar refractivity (Wildman–Crippen MR) is 125 cm³/mol. The Bertz CT molecular complexity index is 816. The van der Waals surface area contributed by atoms with Gasteiger partial charge in [0.2, 0.25) is 0 Å². The first kappa shape index (κ1) is 28.3. The van der Waals surface area contributed by atoms with Gasteiger partial charge in [-0.25, -0.2) is 0 Å². The van der Waals surface area contributed by atoms with E-state index in [1.54, 1.807) is 26.2 Å². The summed E-state index contributed by atoms with van der Waals surface area (Å²) >= 11 is 5.89. The molecule has 8 nitrogen and oxygen atoms in total. The third kappa shape index (κ3) is 8.99. The second-order valence-electron chi connectivity index (χ2n) is 7.55. The summed E-state index contributed by atoms with van der Waals surface area (Å²) < 4.78 is 5.10. The number of hydrogen-bond donors (Lipinski definition) is 5. The summed E-state index contributed by atoms with van der Waals surface area (Å²) in [7, 11) is 3.44. The van der Waals surface area contributed by atoms with Crippen molar-refractivity contribution >= 4 is 46.7 Å². The Hall–Kier alpha value is -1.68. The number of halogens is 2. The van der Waals surface area contributed by atoms with Crippen LogP contribution in [0.3, 0.4) is 0 Å². The molecule has 0 radical (unpaired) electrons. The number of carbonyl (C=O) groups excluding carboxylic acids is 2. The van der Waals surface area contributed by atoms with Gasteiger partial charge in [0.25, 0.3) is 0 Å². The fourth-order valence-electron chi connectivity index (χ4n) is 2.45. The van der Waals surface area contributed by atoms with Gasteiger partial charge in [-0.1, -0.05) is 11.6 Å². The fraction of sp³-hybridized carbons (Fsp3) is 0.500. The molecule has 10 heteroatoms. The Morgan fingerprint density at radius 3 is 2.37 bits per heavy atom. The molecule has 0 bridgehead atoms. The number of rotatable bonds is 7. The lowest BCUT2D eigenvalue weighted by Crippen LogP contribution is -2.44. The van der Waals surface area contributed by atoms with Gasteiger partial charge in [-0.2, -0.15) is 0 Å². The topological polar surface area (TPSA) is 135 Å². The molecule has 2 rings (SSSR count). The largest absolute Gasteiger partial charge is 0.459 e. The number of benzene rings is 1. The highest BCUT2D eigenvalue weighted by molar-refractivity contribution is 6.31. The Balaban J connectivity index is 0.000000579. The molecule has 2 unspecified atom stereocenters. The van der Waals surface area contributed by atoms with Gasteiger partial charge in [0.15, 0.2) is 5.78 Å². The van der Waals surface area contributed by atoms with Crippen molar-refractivity contribution in [2.45, 2.75) is 38.5 Å². The zero-order valence-electron chi connectivity index (χ0n) is 18.0. The van der Waals surface area contributed by atoms with Gasteiger partial charge in [0.1, 0.15) is 11.6 Å². The highest BCUT2D eigenvalue weighted by atomic mass is 35.5. The highest BCUT2D eigenvalue weighted by Crippen LogP contribution is 2.20. The van der Waals surface area contributed by atoms with Gasteiger partial charge >= 0.3 is 5.97 Å². The molecule has 2 aromatic rings. The number of ether oxygens (including phenoxy) is 1. The minimum Gasteiger partial charge on any atom is -0.459 e. The second kappa shape index (κ2) is 12.9. The summed E-state index contributed by atoms with van der Waals surface area (Å²) in [5.41, 5.74) is 12.1. The minimum atomic E-state index is -0.538. The summed E-state index contributed by atoms with van der Waals surface area (Å²) in [5.74, 6) is -0.404. The maximum Gasteiger partial charge on any atom is 0.324 e. The number of hydrogen-bond acceptors (Lipinski definition) is 7. The van der Waals surface area contributed by atoms with Crippen molar-refractivity contribution in [1.29, 1.82) is 0 Å². The molecule has 1 aromatic heterocycles. The van der Waals surface area contributed by atoms with E-state index in [-0.39, 0.29) is 30.7 Å². The zero-order valence-corrected chi connectivity index (χ0v) is 19.6. The van der Waals surface area contributed by atoms with Crippen molar-refractivity contribution in [3.63, 3.8) is 0 Å². The van der Waals surface area contributed by atoms with Crippen LogP contribution in [-0.4, -0.2) is 61.6 Å². The molecule has 0 aliphatic carbocycles. The van der Waals surface area contributed by atoms with Gasteiger partial charge in [-0.05, 0) is 59.1 Å². The van der Waals surface area contributed by atoms with Crippen molar-refractivity contribution in [3.05, 3.63) is 35.0 Å². The standard InChI is InChI=1S/C12H14ClN3O.C8H18N2O2.ClH/c1-15-6-9(14)12(17)11-5-7-4-8(13)2-3-10(7)16-11;1-8(2,3)12-7(11)6(5-9)10-4;/h2-5,9,15-16H,6,14H2,1H3;6,10H,5,9H2,1-4H3;1H. The van der Waals surface area contributed by atoms with Crippen LogP contribution in [-0.2, 0) is 9.53 Å². The highest BCUT2D eigenvalue weighted by Gasteiger charge is 2.22. The first-order valence-corrected chi connectivity index (χ1v) is 9.73. The molecule has 0 spiro atoms. The molecule has 0 aliphatic heterocycles. The molecule has 2 atom stereocenters. The summed E-state index contributed by atoms with van der Waals surface area (Å²) in [6, 6.07) is 6.28. The number of nitrogens with one attached hydrogen (secondary N) is 3. The van der Waals surface area contributed by atoms with E-state index in [1.807, 2.05) is 32.9 Å². The van der Waals surface area contributed by atoms with Crippen LogP contribution in [0.1, 0.15) is 31.3 Å². The van der Waals surface area contributed by atoms with Crippen LogP contribution in [0.5, 0.6) is 0 Å². The molecule has 0 aliphatic rings. The molecule has 30 heavy (non-hydrogen) atoms. The Labute approximate surface area is 188 Å². The lowest BCUT2D eigenvalue weighted by atomic mass is 10.1. The molecule has 1 heterocycles. The van der Waals surface area contributed by atoms with Crippen LogP contribution in [0.15, 0.2) is 24.3 Å². The fourth-order valence-corrected chi connectivity index (χ4v) is 2.63. The molecule has 7 N–H and O–H groups in total. The molecule has 0 amide bonds. The molecule has 0 saturated heterocycles. The number of H-pyrrole nitrogens is 1. The van der Waals surface area contributed by atoms with E-state index in [0.717, 1.165) is 10.9 Å². The Morgan fingerprint density at radius 1 is 1.23 bits per heavy atom. The van der Waals surface area contributed by atoms with E-state index >= 15 is 0 Å². The van der Waals surface area contributed by atoms with Crippen LogP contribution in [0.25, 0.3) is 10.9 Å². The molecule has 170 valence electrons. The summed E-state index contributed by atoms with van der Waals surface area (Å²) in [6.07, 6.45) is 0. The predicted octanol–water partition coefficient (Wildman–Crippen LogP) is 1.85. The summed E-state index contributed by atoms with van der Waals surface area (Å²) in [4.78, 5) is 26.3. The first-order chi connectivity index (χ1) is 13.5. The first-order valence-electron chi connectivity index (χ1n) is 9.35. The van der Waals surface area contributed by atoms with Crippen molar-refractivity contribution in [2.75, 3.05) is 27.2 Å². The van der Waals surface area contributed by atoms with Gasteiger partial charge in [-0.3, -0.25) is 9.59 Å². The van der Waals surface area contributed by atoms with Crippen LogP contribution >= 0.6 is 24.0 Å². The minimum absolute atomic E-state index is 0. The molecule has 1 aromatic carbocycles. The van der Waals surface area contributed by atoms with Crippen LogP contribution in [0, 0.1) is 0 Å². The molecular weight excluding hydrogens is 429 g/mol. The number of ketones is 1. The van der Waals surface area contributed by atoms with E-state index in [9.17, 15) is 9.59 Å². The SMILES string of the molecule is CNC(CN)C(=O)OC(C)(C)C.CNCC(N)C(=O)c1cc2cc(Cl)ccc2[nH]1.Cl. The normalized spacial score (nSPS) is 12.9. The van der Waals surface area contributed by atoms with Crippen molar-refractivity contribution in [3.8, 4) is 0 Å². The monoisotopic (exact) mass is 461 g/mol. The van der Waals surface area contributed by atoms with Crippen molar-refractivity contribution in [1.82, 2.24) is 15.6 Å². The number of Topliss-reactive ketones (excluding diaryl/α,β-unsaturated/α-hetero) is 1. The van der Waals surface area contributed by atoms with E-state index in [1.165, 1.54) is 0 Å². The zero-order chi connectivity index (χ0) is 22.2. The number of carbonyl (C=O) groups is 2. The number of likely N-dealkylation sites (N-methyl/N-ethyl adjacent to an activating group) is 2. The van der Waals surface area contributed by atoms with Gasteiger partial charge in [0, 0.05) is 29.0 Å². The maximum atomic E-state index is 12.0. The third-order valence-electron chi connectivity index (χ3n) is 3.88. The van der Waals surface area contributed by atoms with Gasteiger partial charge in [0.05, 0.1) is 11.7 Å². The average molecular weight is 462 g/mol. The Morgan fingerprint density at radius 2 is 1.87 bits per heavy atom. The van der Waals surface area contributed by atoms with E-state index < -0.39 is 17.7 Å². The van der Waals surface area contributed by atoms with E-state index in [2.05, 4.69) is 15.6 Å². The number of nitrogens with two attached hydrogens (primary N) is 2. The van der Waals surface area contributed by atoms with Crippen LogP contribution in [0.2, 0.25) is 5.02 Å². The van der Waals surface area contributed by atoms with Crippen molar-refractivity contribution in [2.24, 2.45) is 11.5 Å². The van der Waals surface area contributed by atoms with Crippen molar-refractivity contribution < 1.29 is 14.3 Å². The number of aromatic amines is 1. The molecule has 0 saturated carbocycles. The van der Waals surface area contributed by atoms with Gasteiger partial charge in [-0.15, -0.1) is 12.4 Å². The number of aromatic nitrogens is 1. The smallest absolute Gasteiger partial charge is 0.324 e. The number of esters is 1. The second-order valence-corrected chi connectivity index (χ2v) is 7.99. The van der Waals surface area contributed by atoms with E-state index in [4.69, 9.17) is 27.8 Å². The molecule has 0 fully saturated rings.